The second kappa shape index (κ2) is 8.67. The van der Waals surface area contributed by atoms with Gasteiger partial charge >= 0.3 is 0 Å². The molecule has 1 N–H and O–H groups in total. The molecule has 0 unspecified atom stereocenters. The summed E-state index contributed by atoms with van der Waals surface area (Å²) in [6, 6.07) is 16.0. The number of aryl methyl sites for hydroxylation is 2. The van der Waals surface area contributed by atoms with E-state index in [1.165, 1.54) is 17.3 Å². The summed E-state index contributed by atoms with van der Waals surface area (Å²) in [6.45, 7) is 4.14. The molecular weight excluding hydrogens is 346 g/mol. The molecule has 26 heavy (non-hydrogen) atoms. The van der Waals surface area contributed by atoms with Gasteiger partial charge in [0.2, 0.25) is 11.8 Å². The van der Waals surface area contributed by atoms with E-state index in [0.717, 1.165) is 23.2 Å². The Hall–Kier alpha value is -2.60. The first-order valence-electron chi connectivity index (χ1n) is 8.52. The maximum Gasteiger partial charge on any atom is 0.277 e. The predicted octanol–water partition coefficient (Wildman–Crippen LogP) is 4.26. The average molecular weight is 367 g/mol. The molecule has 1 aromatic heterocycles. The Morgan fingerprint density at radius 3 is 2.42 bits per heavy atom. The Labute approximate surface area is 157 Å². The zero-order chi connectivity index (χ0) is 18.4. The van der Waals surface area contributed by atoms with Gasteiger partial charge in [-0.3, -0.25) is 4.79 Å². The van der Waals surface area contributed by atoms with Crippen LogP contribution in [-0.4, -0.2) is 21.9 Å². The van der Waals surface area contributed by atoms with Crippen molar-refractivity contribution in [2.75, 3.05) is 11.1 Å². The first kappa shape index (κ1) is 18.2. The van der Waals surface area contributed by atoms with Gasteiger partial charge in [0, 0.05) is 5.69 Å². The molecule has 0 saturated carbocycles. The van der Waals surface area contributed by atoms with Gasteiger partial charge in [-0.05, 0) is 36.6 Å². The Morgan fingerprint density at radius 1 is 1.04 bits per heavy atom. The summed E-state index contributed by atoms with van der Waals surface area (Å²) in [5.41, 5.74) is 4.36. The van der Waals surface area contributed by atoms with Gasteiger partial charge in [0.25, 0.3) is 5.22 Å². The monoisotopic (exact) mass is 367 g/mol. The third-order valence-corrected chi connectivity index (χ3v) is 4.72. The molecule has 6 heteroatoms. The number of carbonyl (C=O) groups is 1. The molecule has 5 nitrogen and oxygen atoms in total. The minimum Gasteiger partial charge on any atom is -0.416 e. The van der Waals surface area contributed by atoms with E-state index in [4.69, 9.17) is 4.42 Å². The standard InChI is InChI=1S/C20H21N3O2S/c1-3-15-6-8-16(9-7-15)12-19-22-23-20(25-19)26-13-18(24)21-17-10-4-14(2)5-11-17/h4-11H,3,12-13H2,1-2H3,(H,21,24). The van der Waals surface area contributed by atoms with Gasteiger partial charge in [0.1, 0.15) is 0 Å². The topological polar surface area (TPSA) is 68.0 Å². The first-order valence-corrected chi connectivity index (χ1v) is 9.50. The fourth-order valence-electron chi connectivity index (χ4n) is 2.40. The number of nitrogens with one attached hydrogen (secondary N) is 1. The van der Waals surface area contributed by atoms with Gasteiger partial charge in [-0.15, -0.1) is 10.2 Å². The number of hydrogen-bond acceptors (Lipinski definition) is 5. The summed E-state index contributed by atoms with van der Waals surface area (Å²) in [6.07, 6.45) is 1.61. The van der Waals surface area contributed by atoms with Crippen LogP contribution in [0.4, 0.5) is 5.69 Å². The molecule has 2 aromatic carbocycles. The molecule has 1 heterocycles. The molecule has 0 atom stereocenters. The number of rotatable bonds is 7. The average Bonchev–Trinajstić information content (AvgIpc) is 3.10. The van der Waals surface area contributed by atoms with Crippen LogP contribution in [0.3, 0.4) is 0 Å². The maximum absolute atomic E-state index is 12.0. The third-order valence-electron chi connectivity index (χ3n) is 3.90. The summed E-state index contributed by atoms with van der Waals surface area (Å²) < 4.78 is 5.62. The second-order valence-electron chi connectivity index (χ2n) is 6.01. The zero-order valence-corrected chi connectivity index (χ0v) is 15.7. The number of nitrogens with zero attached hydrogens (tertiary/aromatic N) is 2. The van der Waals surface area contributed by atoms with Gasteiger partial charge in [-0.25, -0.2) is 0 Å². The van der Waals surface area contributed by atoms with E-state index in [9.17, 15) is 4.79 Å². The molecular formula is C20H21N3O2S. The van der Waals surface area contributed by atoms with E-state index in [1.807, 2.05) is 31.2 Å². The largest absolute Gasteiger partial charge is 0.416 e. The molecule has 0 spiro atoms. The van der Waals surface area contributed by atoms with Gasteiger partial charge in [0.15, 0.2) is 0 Å². The van der Waals surface area contributed by atoms with Gasteiger partial charge in [-0.1, -0.05) is 60.6 Å². The Kier molecular flexibility index (Phi) is 6.07. The zero-order valence-electron chi connectivity index (χ0n) is 14.9. The summed E-state index contributed by atoms with van der Waals surface area (Å²) in [5, 5.41) is 11.3. The van der Waals surface area contributed by atoms with Crippen LogP contribution in [0, 0.1) is 6.92 Å². The lowest BCUT2D eigenvalue weighted by Gasteiger charge is -2.04. The third kappa shape index (κ3) is 5.20. The summed E-state index contributed by atoms with van der Waals surface area (Å²) in [5.74, 6) is 0.671. The van der Waals surface area contributed by atoms with Crippen molar-refractivity contribution in [3.05, 3.63) is 71.1 Å². The van der Waals surface area contributed by atoms with E-state index in [1.54, 1.807) is 0 Å². The van der Waals surface area contributed by atoms with E-state index in [2.05, 4.69) is 46.7 Å². The van der Waals surface area contributed by atoms with Crippen molar-refractivity contribution in [3.8, 4) is 0 Å². The van der Waals surface area contributed by atoms with E-state index >= 15 is 0 Å². The van der Waals surface area contributed by atoms with E-state index < -0.39 is 0 Å². The number of anilines is 1. The van der Waals surface area contributed by atoms with E-state index in [0.29, 0.717) is 17.5 Å². The van der Waals surface area contributed by atoms with Crippen LogP contribution < -0.4 is 5.32 Å². The SMILES string of the molecule is CCc1ccc(Cc2nnc(SCC(=O)Nc3ccc(C)cc3)o2)cc1. The molecule has 0 fully saturated rings. The van der Waals surface area contributed by atoms with Crippen molar-refractivity contribution in [2.24, 2.45) is 0 Å². The van der Waals surface area contributed by atoms with Crippen LogP contribution in [0.1, 0.15) is 29.5 Å². The molecule has 0 saturated heterocycles. The molecule has 0 aliphatic rings. The van der Waals surface area contributed by atoms with Crippen LogP contribution in [0.25, 0.3) is 0 Å². The van der Waals surface area contributed by atoms with Crippen molar-refractivity contribution < 1.29 is 9.21 Å². The highest BCUT2D eigenvalue weighted by Crippen LogP contribution is 2.19. The number of aromatic nitrogens is 2. The highest BCUT2D eigenvalue weighted by Gasteiger charge is 2.10. The van der Waals surface area contributed by atoms with Crippen LogP contribution in [-0.2, 0) is 17.6 Å². The molecule has 0 radical (unpaired) electrons. The van der Waals surface area contributed by atoms with Crippen molar-refractivity contribution in [2.45, 2.75) is 31.9 Å². The second-order valence-corrected chi connectivity index (χ2v) is 6.94. The van der Waals surface area contributed by atoms with Crippen LogP contribution in [0.15, 0.2) is 58.2 Å². The molecule has 3 aromatic rings. The Bertz CT molecular complexity index is 858. The Morgan fingerprint density at radius 2 is 1.73 bits per heavy atom. The lowest BCUT2D eigenvalue weighted by molar-refractivity contribution is -0.113. The molecule has 0 aliphatic heterocycles. The quantitative estimate of drug-likeness (QED) is 0.632. The van der Waals surface area contributed by atoms with Crippen LogP contribution >= 0.6 is 11.8 Å². The fourth-order valence-corrected chi connectivity index (χ4v) is 2.98. The van der Waals surface area contributed by atoms with Crippen LogP contribution in [0.5, 0.6) is 0 Å². The summed E-state index contributed by atoms with van der Waals surface area (Å²) >= 11 is 1.24. The predicted molar refractivity (Wildman–Crippen MR) is 103 cm³/mol. The van der Waals surface area contributed by atoms with Crippen molar-refractivity contribution in [1.82, 2.24) is 10.2 Å². The minimum absolute atomic E-state index is 0.103. The first-order chi connectivity index (χ1) is 12.6. The number of benzene rings is 2. The lowest BCUT2D eigenvalue weighted by atomic mass is 10.1. The number of thioether (sulfide) groups is 1. The molecule has 0 aliphatic carbocycles. The maximum atomic E-state index is 12.0. The number of carbonyl (C=O) groups excluding carboxylic acids is 1. The van der Waals surface area contributed by atoms with Crippen molar-refractivity contribution >= 4 is 23.4 Å². The highest BCUT2D eigenvalue weighted by molar-refractivity contribution is 7.99. The van der Waals surface area contributed by atoms with E-state index in [-0.39, 0.29) is 11.7 Å². The van der Waals surface area contributed by atoms with Crippen molar-refractivity contribution in [1.29, 1.82) is 0 Å². The molecule has 134 valence electrons. The smallest absolute Gasteiger partial charge is 0.277 e. The number of hydrogen-bond donors (Lipinski definition) is 1. The van der Waals surface area contributed by atoms with Gasteiger partial charge < -0.3 is 9.73 Å². The van der Waals surface area contributed by atoms with Crippen LogP contribution in [0.2, 0.25) is 0 Å². The normalized spacial score (nSPS) is 10.7. The molecule has 1 amide bonds. The molecule has 0 bridgehead atoms. The Balaban J connectivity index is 1.49. The van der Waals surface area contributed by atoms with Crippen molar-refractivity contribution in [3.63, 3.8) is 0 Å². The fraction of sp³-hybridized carbons (Fsp3) is 0.250. The van der Waals surface area contributed by atoms with Gasteiger partial charge in [0.05, 0.1) is 12.2 Å². The highest BCUT2D eigenvalue weighted by atomic mass is 32.2. The summed E-state index contributed by atoms with van der Waals surface area (Å²) in [4.78, 5) is 12.0. The number of amides is 1. The molecule has 3 rings (SSSR count). The minimum atomic E-state index is -0.103. The summed E-state index contributed by atoms with van der Waals surface area (Å²) in [7, 11) is 0. The lowest BCUT2D eigenvalue weighted by Crippen LogP contribution is -2.13. The van der Waals surface area contributed by atoms with Gasteiger partial charge in [-0.2, -0.15) is 0 Å².